The fraction of sp³-hybridized carbons (Fsp3) is 0.462. The molecule has 0 radical (unpaired) electrons. The predicted molar refractivity (Wildman–Crippen MR) is 264 cm³/mol. The molecule has 0 spiro atoms. The van der Waals surface area contributed by atoms with Gasteiger partial charge in [0.05, 0.1) is 51.9 Å². The van der Waals surface area contributed by atoms with E-state index >= 15 is 0 Å². The first-order chi connectivity index (χ1) is 34.1. The number of aromatic hydroxyl groups is 1. The SMILES string of the molecule is CO[C@H]1/C=C/O[C@@]2(C)Oc3c(C)c(O)c4c(c3/C2=N/OCCN2CCN(S(=O)(=O)c3cccc5ccncc35)CC2)C(=O)C=C(NC(=O)/C(C)=C\C=C\[C@@H](C)[C@H](O)[C@@H](C)[C@H](O)[C@@H](C)[C@H](OC(C)=O)[C@@H]1C)C4=O. The van der Waals surface area contributed by atoms with Crippen LogP contribution >= 0.6 is 0 Å². The number of hydrogen-bond acceptors (Lipinski definition) is 17. The normalized spacial score (nSPS) is 30.2. The summed E-state index contributed by atoms with van der Waals surface area (Å²) in [7, 11) is -2.39. The van der Waals surface area contributed by atoms with Gasteiger partial charge in [-0.3, -0.25) is 29.1 Å². The predicted octanol–water partition coefficient (Wildman–Crippen LogP) is 4.72. The molecular weight excluding hydrogens is 951 g/mol. The van der Waals surface area contributed by atoms with Gasteiger partial charge in [-0.1, -0.05) is 63.2 Å². The second kappa shape index (κ2) is 21.8. The van der Waals surface area contributed by atoms with Crippen LogP contribution in [-0.4, -0.2) is 144 Å². The lowest BCUT2D eigenvalue weighted by molar-refractivity contribution is -0.160. The zero-order chi connectivity index (χ0) is 52.4. The van der Waals surface area contributed by atoms with E-state index in [2.05, 4.69) is 15.5 Å². The number of piperazine rings is 1. The van der Waals surface area contributed by atoms with Gasteiger partial charge in [0.2, 0.25) is 15.8 Å². The molecule has 0 unspecified atom stereocenters. The van der Waals surface area contributed by atoms with Crippen LogP contribution in [0.2, 0.25) is 0 Å². The van der Waals surface area contributed by atoms with E-state index < -0.39 is 98.7 Å². The molecule has 2 aromatic carbocycles. The number of carbonyl (C=O) groups is 4. The minimum Gasteiger partial charge on any atom is -0.507 e. The minimum atomic E-state index is -3.84. The first kappa shape index (κ1) is 53.5. The molecule has 3 aromatic rings. The van der Waals surface area contributed by atoms with Crippen LogP contribution in [-0.2, 0) is 38.7 Å². The summed E-state index contributed by atoms with van der Waals surface area (Å²) in [6, 6.07) is 6.87. The van der Waals surface area contributed by atoms with Crippen LogP contribution in [0.3, 0.4) is 0 Å². The number of fused-ring (bicyclic) bond motifs is 15. The van der Waals surface area contributed by atoms with E-state index in [9.17, 15) is 42.9 Å². The van der Waals surface area contributed by atoms with Crippen LogP contribution in [0.1, 0.15) is 80.3 Å². The molecule has 1 fully saturated rings. The number of methoxy groups -OCH3 is 1. The van der Waals surface area contributed by atoms with Gasteiger partial charge in [0.25, 0.3) is 11.7 Å². The van der Waals surface area contributed by atoms with Gasteiger partial charge in [0.1, 0.15) is 24.2 Å². The van der Waals surface area contributed by atoms with Crippen LogP contribution in [0.25, 0.3) is 10.8 Å². The summed E-state index contributed by atoms with van der Waals surface area (Å²) in [6.45, 7) is 14.1. The number of ether oxygens (including phenoxy) is 4. The van der Waals surface area contributed by atoms with Crippen molar-refractivity contribution >= 4 is 50.0 Å². The van der Waals surface area contributed by atoms with E-state index in [1.807, 2.05) is 11.0 Å². The Morgan fingerprint density at radius 1 is 0.972 bits per heavy atom. The first-order valence-electron chi connectivity index (χ1n) is 23.8. The van der Waals surface area contributed by atoms with E-state index in [0.717, 1.165) is 11.5 Å². The number of rotatable bonds is 8. The number of sulfonamides is 1. The number of pyridine rings is 1. The zero-order valence-corrected chi connectivity index (χ0v) is 42.6. The molecule has 0 saturated carbocycles. The van der Waals surface area contributed by atoms with Crippen molar-refractivity contribution in [2.75, 3.05) is 46.4 Å². The Bertz CT molecular complexity index is 2880. The molecular formula is C52H63N5O14S. The lowest BCUT2D eigenvalue weighted by atomic mass is 9.78. The fourth-order valence-corrected chi connectivity index (χ4v) is 11.3. The van der Waals surface area contributed by atoms with Crippen LogP contribution < -0.4 is 10.1 Å². The van der Waals surface area contributed by atoms with Gasteiger partial charge in [0, 0.05) is 112 Å². The van der Waals surface area contributed by atoms with Crippen LogP contribution in [0, 0.1) is 30.6 Å². The topological polar surface area (TPSA) is 253 Å². The molecule has 4 N–H and O–H groups in total. The second-order valence-corrected chi connectivity index (χ2v) is 20.8. The summed E-state index contributed by atoms with van der Waals surface area (Å²) in [4.78, 5) is 66.8. The molecule has 1 aromatic heterocycles. The number of aliphatic hydroxyl groups is 2. The molecule has 1 saturated heterocycles. The number of nitrogens with zero attached hydrogens (tertiary/aromatic N) is 4. The number of allylic oxidation sites excluding steroid dienone is 4. The number of aliphatic hydroxyl groups excluding tert-OH is 2. The van der Waals surface area contributed by atoms with Gasteiger partial charge in [-0.15, -0.1) is 0 Å². The van der Waals surface area contributed by atoms with Crippen molar-refractivity contribution in [2.24, 2.45) is 28.8 Å². The smallest absolute Gasteiger partial charge is 0.302 e. The molecule has 20 heteroatoms. The van der Waals surface area contributed by atoms with Crippen molar-refractivity contribution in [2.45, 2.75) is 90.5 Å². The summed E-state index contributed by atoms with van der Waals surface area (Å²) < 4.78 is 53.5. The number of hydrogen-bond donors (Lipinski definition) is 4. The number of nitrogens with one attached hydrogen (secondary N) is 1. The maximum Gasteiger partial charge on any atom is 0.302 e. The first-order valence-corrected chi connectivity index (χ1v) is 25.3. The Morgan fingerprint density at radius 2 is 1.69 bits per heavy atom. The quantitative estimate of drug-likeness (QED) is 0.135. The average Bonchev–Trinajstić information content (AvgIpc) is 3.65. The fourth-order valence-electron chi connectivity index (χ4n) is 9.69. The number of phenols is 1. The Hall–Kier alpha value is -6.29. The number of ketones is 2. The Morgan fingerprint density at radius 3 is 2.39 bits per heavy atom. The molecule has 386 valence electrons. The summed E-state index contributed by atoms with van der Waals surface area (Å²) >= 11 is 0. The average molecular weight is 1010 g/mol. The third-order valence-corrected chi connectivity index (χ3v) is 16.0. The van der Waals surface area contributed by atoms with E-state index in [1.165, 1.54) is 51.4 Å². The van der Waals surface area contributed by atoms with E-state index in [4.69, 9.17) is 23.8 Å². The molecule has 9 atom stereocenters. The molecule has 8 rings (SSSR count). The van der Waals surface area contributed by atoms with Crippen molar-refractivity contribution in [3.63, 3.8) is 0 Å². The minimum absolute atomic E-state index is 0.00845. The highest BCUT2D eigenvalue weighted by atomic mass is 32.2. The molecule has 5 aliphatic rings. The third kappa shape index (κ3) is 10.6. The standard InChI is InChI=1S/C52H63N5O14S/c1-28-12-10-13-29(2)51(64)54-37-26-38(59)41-42(47(37)63)46(62)33(6)49-43(41)50(52(8,71-49)68-24-17-39(67-9)30(3)48(70-34(7)58)32(5)45(61)31(4)44(28)60)55-69-25-23-56-19-21-57(22-20-56)72(65,66)40-15-11-14-35-16-18-53-27-36(35)40/h10-18,24,26-28,30-32,39,44-45,48,60-62H,19-23,25H2,1-9H3,(H,54,64)/b12-10+,24-17+,29-13-,55-50-/t28-,30-,31-,32-,39+,44+,45+,48-,52+/m1/s1. The summed E-state index contributed by atoms with van der Waals surface area (Å²) in [5, 5.41) is 42.9. The van der Waals surface area contributed by atoms with Crippen molar-refractivity contribution in [3.05, 3.63) is 107 Å². The number of phenolic OH excluding ortho intramolecular Hbond substituents is 1. The molecule has 5 heterocycles. The number of esters is 1. The van der Waals surface area contributed by atoms with Gasteiger partial charge >= 0.3 is 5.97 Å². The molecule has 19 nitrogen and oxygen atoms in total. The Balaban J connectivity index is 1.21. The largest absolute Gasteiger partial charge is 0.507 e. The molecule has 1 aliphatic carbocycles. The van der Waals surface area contributed by atoms with Crippen LogP contribution in [0.5, 0.6) is 11.5 Å². The van der Waals surface area contributed by atoms with Crippen LogP contribution in [0.4, 0.5) is 0 Å². The number of benzene rings is 2. The summed E-state index contributed by atoms with van der Waals surface area (Å²) in [5.41, 5.74) is -0.915. The van der Waals surface area contributed by atoms with E-state index in [1.54, 1.807) is 76.5 Å². The lowest BCUT2D eigenvalue weighted by Crippen LogP contribution is -2.49. The summed E-state index contributed by atoms with van der Waals surface area (Å²) in [6.07, 6.45) is 7.63. The van der Waals surface area contributed by atoms with Crippen molar-refractivity contribution in [1.29, 1.82) is 0 Å². The maximum atomic E-state index is 14.3. The third-order valence-electron chi connectivity index (χ3n) is 14.1. The van der Waals surface area contributed by atoms with Gasteiger partial charge in [0.15, 0.2) is 11.5 Å². The lowest BCUT2D eigenvalue weighted by Gasteiger charge is -2.38. The van der Waals surface area contributed by atoms with E-state index in [-0.39, 0.29) is 64.0 Å². The maximum absolute atomic E-state index is 14.3. The number of oxime groups is 1. The van der Waals surface area contributed by atoms with Gasteiger partial charge in [-0.05, 0) is 37.4 Å². The highest BCUT2D eigenvalue weighted by Crippen LogP contribution is 2.48. The molecule has 72 heavy (non-hydrogen) atoms. The van der Waals surface area contributed by atoms with Crippen molar-refractivity contribution < 1.29 is 66.7 Å². The molecule has 1 amide bonds. The Kier molecular flexibility index (Phi) is 16.2. The molecule has 4 aliphatic heterocycles. The van der Waals surface area contributed by atoms with Crippen LogP contribution in [0.15, 0.2) is 94.6 Å². The molecule has 5 bridgehead atoms. The number of carbonyl (C=O) groups excluding carboxylic acids is 4. The van der Waals surface area contributed by atoms with Crippen molar-refractivity contribution in [1.82, 2.24) is 19.5 Å². The number of amides is 1. The summed E-state index contributed by atoms with van der Waals surface area (Å²) in [5.74, 6) is -7.98. The monoisotopic (exact) mass is 1010 g/mol. The second-order valence-electron chi connectivity index (χ2n) is 18.9. The van der Waals surface area contributed by atoms with Gasteiger partial charge in [-0.25, -0.2) is 8.42 Å². The van der Waals surface area contributed by atoms with Crippen molar-refractivity contribution in [3.8, 4) is 11.5 Å². The number of aromatic nitrogens is 1. The zero-order valence-electron chi connectivity index (χ0n) is 41.8. The highest BCUT2D eigenvalue weighted by molar-refractivity contribution is 7.89. The Labute approximate surface area is 418 Å². The van der Waals surface area contributed by atoms with Gasteiger partial charge in [-0.2, -0.15) is 4.31 Å². The highest BCUT2D eigenvalue weighted by Gasteiger charge is 2.51. The van der Waals surface area contributed by atoms with E-state index in [0.29, 0.717) is 25.0 Å². The number of Topliss-reactive ketones (excluding diaryl/α,β-unsaturated/α-hetero) is 1. The van der Waals surface area contributed by atoms with Gasteiger partial charge < -0.3 is 44.4 Å².